The van der Waals surface area contributed by atoms with Crippen LogP contribution in [0.1, 0.15) is 18.4 Å². The second-order valence-electron chi connectivity index (χ2n) is 4.47. The molecule has 1 nitrogen and oxygen atoms in total. The zero-order chi connectivity index (χ0) is 12.5. The number of hydrogen-bond acceptors (Lipinski definition) is 2. The lowest BCUT2D eigenvalue weighted by molar-refractivity contribution is -0.137. The van der Waals surface area contributed by atoms with Crippen LogP contribution < -0.4 is 4.74 Å². The van der Waals surface area contributed by atoms with Crippen LogP contribution in [0.25, 0.3) is 0 Å². The van der Waals surface area contributed by atoms with Gasteiger partial charge in [0.05, 0.1) is 12.2 Å². The Labute approximate surface area is 103 Å². The summed E-state index contributed by atoms with van der Waals surface area (Å²) in [6, 6.07) is 4.98. The third-order valence-electron chi connectivity index (χ3n) is 3.00. The monoisotopic (exact) mass is 262 g/mol. The fourth-order valence-corrected chi connectivity index (χ4v) is 1.93. The molecule has 1 aromatic rings. The van der Waals surface area contributed by atoms with Gasteiger partial charge in [-0.05, 0) is 36.8 Å². The number of thiol groups is 1. The first-order chi connectivity index (χ1) is 7.95. The molecule has 0 spiro atoms. The largest absolute Gasteiger partial charge is 0.493 e. The van der Waals surface area contributed by atoms with E-state index in [0.717, 1.165) is 25.0 Å². The van der Waals surface area contributed by atoms with Crippen molar-refractivity contribution in [2.75, 3.05) is 12.4 Å². The molecule has 0 N–H and O–H groups in total. The molecule has 0 unspecified atom stereocenters. The third kappa shape index (κ3) is 3.09. The highest BCUT2D eigenvalue weighted by Crippen LogP contribution is 2.46. The minimum atomic E-state index is -4.32. The van der Waals surface area contributed by atoms with Gasteiger partial charge in [0.1, 0.15) is 5.75 Å². The molecule has 5 heteroatoms. The van der Waals surface area contributed by atoms with Gasteiger partial charge in [-0.25, -0.2) is 0 Å². The quantitative estimate of drug-likeness (QED) is 0.812. The van der Waals surface area contributed by atoms with Gasteiger partial charge in [-0.1, -0.05) is 6.07 Å². The highest BCUT2D eigenvalue weighted by molar-refractivity contribution is 7.80. The van der Waals surface area contributed by atoms with Crippen molar-refractivity contribution in [2.24, 2.45) is 5.41 Å². The average Bonchev–Trinajstić information content (AvgIpc) is 3.06. The van der Waals surface area contributed by atoms with Gasteiger partial charge >= 0.3 is 6.18 Å². The Kier molecular flexibility index (Phi) is 3.30. The molecule has 0 aliphatic heterocycles. The van der Waals surface area contributed by atoms with Crippen molar-refractivity contribution in [1.82, 2.24) is 0 Å². The molecule has 0 saturated heterocycles. The van der Waals surface area contributed by atoms with Crippen LogP contribution in [-0.2, 0) is 6.18 Å². The van der Waals surface area contributed by atoms with E-state index in [1.54, 1.807) is 6.07 Å². The Bertz CT molecular complexity index is 399. The van der Waals surface area contributed by atoms with Crippen LogP contribution in [0.4, 0.5) is 13.2 Å². The molecule has 0 radical (unpaired) electrons. The Morgan fingerprint density at radius 1 is 1.29 bits per heavy atom. The summed E-state index contributed by atoms with van der Waals surface area (Å²) in [5.74, 6) is 0.985. The lowest BCUT2D eigenvalue weighted by Gasteiger charge is -2.14. The van der Waals surface area contributed by atoms with Gasteiger partial charge in [0.2, 0.25) is 0 Å². The van der Waals surface area contributed by atoms with Gasteiger partial charge in [-0.2, -0.15) is 25.8 Å². The van der Waals surface area contributed by atoms with Gasteiger partial charge in [-0.15, -0.1) is 0 Å². The van der Waals surface area contributed by atoms with Crippen LogP contribution in [0.5, 0.6) is 5.75 Å². The molecule has 0 bridgehead atoms. The molecule has 0 heterocycles. The molecule has 0 atom stereocenters. The summed E-state index contributed by atoms with van der Waals surface area (Å²) in [5.41, 5.74) is -0.595. The van der Waals surface area contributed by atoms with Crippen LogP contribution in [0.2, 0.25) is 0 Å². The molecular weight excluding hydrogens is 249 g/mol. The Morgan fingerprint density at radius 3 is 2.53 bits per heavy atom. The molecule has 1 aliphatic carbocycles. The van der Waals surface area contributed by atoms with E-state index in [-0.39, 0.29) is 11.2 Å². The van der Waals surface area contributed by atoms with Crippen LogP contribution in [0.3, 0.4) is 0 Å². The van der Waals surface area contributed by atoms with E-state index >= 15 is 0 Å². The number of ether oxygens (including phenoxy) is 1. The predicted octanol–water partition coefficient (Wildman–Crippen LogP) is 3.79. The van der Waals surface area contributed by atoms with Crippen molar-refractivity contribution in [3.05, 3.63) is 29.8 Å². The molecule has 0 aromatic heterocycles. The topological polar surface area (TPSA) is 9.23 Å². The lowest BCUT2D eigenvalue weighted by atomic mass is 10.1. The van der Waals surface area contributed by atoms with Crippen molar-refractivity contribution in [3.8, 4) is 5.75 Å². The summed E-state index contributed by atoms with van der Waals surface area (Å²) < 4.78 is 42.8. The molecule has 1 saturated carbocycles. The first-order valence-electron chi connectivity index (χ1n) is 5.36. The van der Waals surface area contributed by atoms with Crippen LogP contribution in [-0.4, -0.2) is 12.4 Å². The molecule has 94 valence electrons. The van der Waals surface area contributed by atoms with Gasteiger partial charge in [0, 0.05) is 5.41 Å². The normalized spacial score (nSPS) is 17.9. The fraction of sp³-hybridized carbons (Fsp3) is 0.500. The summed E-state index contributed by atoms with van der Waals surface area (Å²) in [5, 5.41) is 0. The lowest BCUT2D eigenvalue weighted by Crippen LogP contribution is -2.15. The highest BCUT2D eigenvalue weighted by Gasteiger charge is 2.42. The molecule has 1 fully saturated rings. The molecule has 1 aromatic carbocycles. The summed E-state index contributed by atoms with van der Waals surface area (Å²) >= 11 is 4.22. The average molecular weight is 262 g/mol. The van der Waals surface area contributed by atoms with Gasteiger partial charge in [0.25, 0.3) is 0 Å². The fourth-order valence-electron chi connectivity index (χ4n) is 1.52. The Morgan fingerprint density at radius 2 is 2.00 bits per heavy atom. The van der Waals surface area contributed by atoms with Crippen molar-refractivity contribution >= 4 is 12.6 Å². The second-order valence-corrected chi connectivity index (χ2v) is 4.79. The highest BCUT2D eigenvalue weighted by atomic mass is 32.1. The van der Waals surface area contributed by atoms with Crippen LogP contribution in [0.15, 0.2) is 24.3 Å². The van der Waals surface area contributed by atoms with Gasteiger partial charge < -0.3 is 4.74 Å². The van der Waals surface area contributed by atoms with E-state index in [9.17, 15) is 13.2 Å². The van der Waals surface area contributed by atoms with E-state index in [4.69, 9.17) is 4.74 Å². The first-order valence-corrected chi connectivity index (χ1v) is 5.99. The summed E-state index contributed by atoms with van der Waals surface area (Å²) in [6.07, 6.45) is -2.24. The van der Waals surface area contributed by atoms with E-state index < -0.39 is 11.7 Å². The maximum Gasteiger partial charge on any atom is 0.416 e. The van der Waals surface area contributed by atoms with Gasteiger partial charge in [-0.3, -0.25) is 0 Å². The number of benzene rings is 1. The molecule has 0 amide bonds. The first kappa shape index (κ1) is 12.6. The van der Waals surface area contributed by atoms with E-state index in [1.807, 2.05) is 0 Å². The molecule has 1 aliphatic rings. The number of alkyl halides is 3. The minimum Gasteiger partial charge on any atom is -0.493 e. The zero-order valence-corrected chi connectivity index (χ0v) is 10.0. The number of hydrogen-bond donors (Lipinski definition) is 1. The van der Waals surface area contributed by atoms with Crippen LogP contribution >= 0.6 is 12.6 Å². The van der Waals surface area contributed by atoms with Crippen LogP contribution in [0, 0.1) is 5.41 Å². The molecular formula is C12H13F3OS. The number of halogens is 3. The smallest absolute Gasteiger partial charge is 0.416 e. The number of rotatable bonds is 4. The van der Waals surface area contributed by atoms with Crippen molar-refractivity contribution in [2.45, 2.75) is 19.0 Å². The maximum absolute atomic E-state index is 12.5. The summed E-state index contributed by atoms with van der Waals surface area (Å²) in [4.78, 5) is 0. The zero-order valence-electron chi connectivity index (χ0n) is 9.13. The maximum atomic E-state index is 12.5. The minimum absolute atomic E-state index is 0.0807. The van der Waals surface area contributed by atoms with Gasteiger partial charge in [0.15, 0.2) is 0 Å². The van der Waals surface area contributed by atoms with Crippen molar-refractivity contribution < 1.29 is 17.9 Å². The van der Waals surface area contributed by atoms with E-state index in [2.05, 4.69) is 12.6 Å². The Hall–Kier alpha value is -0.840. The third-order valence-corrected chi connectivity index (χ3v) is 3.67. The Balaban J connectivity index is 2.02. The summed E-state index contributed by atoms with van der Waals surface area (Å²) in [7, 11) is 0. The van der Waals surface area contributed by atoms with Crippen molar-refractivity contribution in [1.29, 1.82) is 0 Å². The summed E-state index contributed by atoms with van der Waals surface area (Å²) in [6.45, 7) is 0.442. The molecule has 2 rings (SSSR count). The van der Waals surface area contributed by atoms with Crippen molar-refractivity contribution in [3.63, 3.8) is 0 Å². The molecule has 17 heavy (non-hydrogen) atoms. The van der Waals surface area contributed by atoms with E-state index in [0.29, 0.717) is 12.4 Å². The standard InChI is InChI=1S/C12H13F3OS/c13-12(14,15)9-2-1-3-10(6-9)16-7-11(8-17)4-5-11/h1-3,6,17H,4-5,7-8H2. The second kappa shape index (κ2) is 4.44. The SMILES string of the molecule is FC(F)(F)c1cccc(OCC2(CS)CC2)c1. The predicted molar refractivity (Wildman–Crippen MR) is 62.5 cm³/mol. The van der Waals surface area contributed by atoms with E-state index in [1.165, 1.54) is 6.07 Å².